The lowest BCUT2D eigenvalue weighted by molar-refractivity contribution is -0.140. The van der Waals surface area contributed by atoms with Crippen LogP contribution >= 0.6 is 0 Å². The number of carboxylic acid groups (broad SMARTS) is 1. The molecule has 0 aromatic carbocycles. The highest BCUT2D eigenvalue weighted by atomic mass is 16.5. The summed E-state index contributed by atoms with van der Waals surface area (Å²) in [6.45, 7) is 8.50. The number of nitrogens with zero attached hydrogens (tertiary/aromatic N) is 1. The smallest absolute Gasteiger partial charge is 0.303 e. The first-order chi connectivity index (χ1) is 8.84. The van der Waals surface area contributed by atoms with E-state index in [0.29, 0.717) is 12.5 Å². The predicted molar refractivity (Wildman–Crippen MR) is 71.8 cm³/mol. The fraction of sp³-hybridized carbons (Fsp3) is 0.857. The molecule has 1 aliphatic rings. The molecule has 0 saturated carbocycles. The van der Waals surface area contributed by atoms with E-state index in [1.54, 1.807) is 0 Å². The van der Waals surface area contributed by atoms with Crippen LogP contribution in [-0.4, -0.2) is 48.2 Å². The lowest BCUT2D eigenvalue weighted by Gasteiger charge is -2.28. The van der Waals surface area contributed by atoms with Gasteiger partial charge in [-0.2, -0.15) is 0 Å². The van der Waals surface area contributed by atoms with Crippen molar-refractivity contribution in [3.8, 4) is 0 Å². The third kappa shape index (κ3) is 5.59. The van der Waals surface area contributed by atoms with Gasteiger partial charge in [0.05, 0.1) is 13.0 Å². The Bertz CT molecular complexity index is 321. The van der Waals surface area contributed by atoms with E-state index in [4.69, 9.17) is 9.84 Å². The average Bonchev–Trinajstić information content (AvgIpc) is 2.75. The predicted octanol–water partition coefficient (Wildman–Crippen LogP) is 1.76. The van der Waals surface area contributed by atoms with Gasteiger partial charge in [0.1, 0.15) is 0 Å². The van der Waals surface area contributed by atoms with Crippen LogP contribution in [-0.2, 0) is 14.3 Å². The first-order valence-corrected chi connectivity index (χ1v) is 6.91. The molecule has 0 bridgehead atoms. The first-order valence-electron chi connectivity index (χ1n) is 6.91. The van der Waals surface area contributed by atoms with E-state index in [-0.39, 0.29) is 18.7 Å². The number of amides is 1. The maximum atomic E-state index is 12.3. The molecule has 110 valence electrons. The van der Waals surface area contributed by atoms with E-state index in [9.17, 15) is 9.59 Å². The molecule has 0 spiro atoms. The molecule has 1 aliphatic heterocycles. The zero-order valence-electron chi connectivity index (χ0n) is 12.1. The monoisotopic (exact) mass is 271 g/mol. The minimum atomic E-state index is -0.856. The van der Waals surface area contributed by atoms with E-state index >= 15 is 0 Å². The Morgan fingerprint density at radius 3 is 2.53 bits per heavy atom. The molecule has 0 aliphatic carbocycles. The molecule has 1 unspecified atom stereocenters. The Balaban J connectivity index is 2.50. The number of carbonyl (C=O) groups excluding carboxylic acids is 1. The Morgan fingerprint density at radius 2 is 2.05 bits per heavy atom. The highest BCUT2D eigenvalue weighted by Gasteiger charge is 2.28. The highest BCUT2D eigenvalue weighted by Crippen LogP contribution is 2.26. The standard InChI is InChI=1S/C14H25NO4/c1-4-15(9-11-5-6-19-10-11)12(16)7-14(2,3)8-13(17)18/h11H,4-10H2,1-3H3,(H,17,18). The Hall–Kier alpha value is -1.10. The van der Waals surface area contributed by atoms with Gasteiger partial charge in [-0.25, -0.2) is 0 Å². The van der Waals surface area contributed by atoms with Crippen molar-refractivity contribution in [2.24, 2.45) is 11.3 Å². The van der Waals surface area contributed by atoms with E-state index < -0.39 is 11.4 Å². The second kappa shape index (κ2) is 6.89. The number of hydrogen-bond donors (Lipinski definition) is 1. The summed E-state index contributed by atoms with van der Waals surface area (Å²) in [6.07, 6.45) is 1.30. The summed E-state index contributed by atoms with van der Waals surface area (Å²) in [5.41, 5.74) is -0.498. The fourth-order valence-corrected chi connectivity index (χ4v) is 2.44. The molecule has 0 aromatic rings. The largest absolute Gasteiger partial charge is 0.481 e. The van der Waals surface area contributed by atoms with Crippen LogP contribution in [0.2, 0.25) is 0 Å². The first kappa shape index (κ1) is 16.0. The van der Waals surface area contributed by atoms with Crippen LogP contribution in [0.3, 0.4) is 0 Å². The van der Waals surface area contributed by atoms with Gasteiger partial charge < -0.3 is 14.7 Å². The van der Waals surface area contributed by atoms with Crippen LogP contribution in [0.15, 0.2) is 0 Å². The second-order valence-corrected chi connectivity index (χ2v) is 6.07. The molecule has 1 heterocycles. The van der Waals surface area contributed by atoms with Crippen molar-refractivity contribution >= 4 is 11.9 Å². The maximum Gasteiger partial charge on any atom is 0.303 e. The van der Waals surface area contributed by atoms with Crippen LogP contribution in [0.4, 0.5) is 0 Å². The van der Waals surface area contributed by atoms with Crippen molar-refractivity contribution in [1.29, 1.82) is 0 Å². The summed E-state index contributed by atoms with van der Waals surface area (Å²) < 4.78 is 5.32. The lowest BCUT2D eigenvalue weighted by Crippen LogP contribution is -2.38. The number of hydrogen-bond acceptors (Lipinski definition) is 3. The summed E-state index contributed by atoms with van der Waals surface area (Å²) in [5, 5.41) is 8.85. The van der Waals surface area contributed by atoms with E-state index in [0.717, 1.165) is 26.2 Å². The van der Waals surface area contributed by atoms with Gasteiger partial charge in [0.2, 0.25) is 5.91 Å². The van der Waals surface area contributed by atoms with Crippen LogP contribution < -0.4 is 0 Å². The van der Waals surface area contributed by atoms with Crippen molar-refractivity contribution in [2.45, 2.75) is 40.0 Å². The third-order valence-corrected chi connectivity index (χ3v) is 3.50. The SMILES string of the molecule is CCN(CC1CCOC1)C(=O)CC(C)(C)CC(=O)O. The molecule has 1 amide bonds. The van der Waals surface area contributed by atoms with Gasteiger partial charge in [-0.3, -0.25) is 9.59 Å². The number of carboxylic acids is 1. The highest BCUT2D eigenvalue weighted by molar-refractivity contribution is 5.78. The summed E-state index contributed by atoms with van der Waals surface area (Å²) in [4.78, 5) is 24.8. The lowest BCUT2D eigenvalue weighted by atomic mass is 9.85. The number of aliphatic carboxylic acids is 1. The molecular weight excluding hydrogens is 246 g/mol. The van der Waals surface area contributed by atoms with Crippen LogP contribution in [0, 0.1) is 11.3 Å². The van der Waals surface area contributed by atoms with Gasteiger partial charge >= 0.3 is 5.97 Å². The van der Waals surface area contributed by atoms with E-state index in [1.165, 1.54) is 0 Å². The molecule has 0 radical (unpaired) electrons. The number of carbonyl (C=O) groups is 2. The zero-order valence-corrected chi connectivity index (χ0v) is 12.1. The minimum absolute atomic E-state index is 0.0167. The molecule has 1 fully saturated rings. The Kier molecular flexibility index (Phi) is 5.79. The summed E-state index contributed by atoms with van der Waals surface area (Å²) in [5.74, 6) is -0.392. The summed E-state index contributed by atoms with van der Waals surface area (Å²) >= 11 is 0. The normalized spacial score (nSPS) is 19.4. The minimum Gasteiger partial charge on any atom is -0.481 e. The van der Waals surface area contributed by atoms with Gasteiger partial charge in [-0.1, -0.05) is 13.8 Å². The number of ether oxygens (including phenoxy) is 1. The summed E-state index contributed by atoms with van der Waals surface area (Å²) in [7, 11) is 0. The van der Waals surface area contributed by atoms with Crippen LogP contribution in [0.25, 0.3) is 0 Å². The van der Waals surface area contributed by atoms with Crippen molar-refractivity contribution in [1.82, 2.24) is 4.90 Å². The molecule has 5 heteroatoms. The van der Waals surface area contributed by atoms with Gasteiger partial charge in [0, 0.05) is 32.0 Å². The van der Waals surface area contributed by atoms with Gasteiger partial charge in [0.25, 0.3) is 0 Å². The molecule has 1 atom stereocenters. The molecular formula is C14H25NO4. The van der Waals surface area contributed by atoms with Gasteiger partial charge in [0.15, 0.2) is 0 Å². The van der Waals surface area contributed by atoms with Gasteiger partial charge in [-0.05, 0) is 18.8 Å². The van der Waals surface area contributed by atoms with Crippen molar-refractivity contribution in [3.05, 3.63) is 0 Å². The summed E-state index contributed by atoms with van der Waals surface area (Å²) in [6, 6.07) is 0. The molecule has 1 saturated heterocycles. The van der Waals surface area contributed by atoms with Crippen molar-refractivity contribution < 1.29 is 19.4 Å². The zero-order chi connectivity index (χ0) is 14.5. The quantitative estimate of drug-likeness (QED) is 0.766. The molecule has 1 N–H and O–H groups in total. The molecule has 0 aromatic heterocycles. The second-order valence-electron chi connectivity index (χ2n) is 6.07. The Labute approximate surface area is 114 Å². The number of rotatable bonds is 7. The van der Waals surface area contributed by atoms with Gasteiger partial charge in [-0.15, -0.1) is 0 Å². The average molecular weight is 271 g/mol. The molecule has 19 heavy (non-hydrogen) atoms. The van der Waals surface area contributed by atoms with Crippen molar-refractivity contribution in [2.75, 3.05) is 26.3 Å². The van der Waals surface area contributed by atoms with E-state index in [2.05, 4.69) is 0 Å². The molecule has 1 rings (SSSR count). The fourth-order valence-electron chi connectivity index (χ4n) is 2.44. The third-order valence-electron chi connectivity index (χ3n) is 3.50. The van der Waals surface area contributed by atoms with E-state index in [1.807, 2.05) is 25.7 Å². The van der Waals surface area contributed by atoms with Crippen molar-refractivity contribution in [3.63, 3.8) is 0 Å². The topological polar surface area (TPSA) is 66.8 Å². The Morgan fingerprint density at radius 1 is 1.37 bits per heavy atom. The van der Waals surface area contributed by atoms with Crippen LogP contribution in [0.5, 0.6) is 0 Å². The maximum absolute atomic E-state index is 12.3. The molecule has 5 nitrogen and oxygen atoms in total. The van der Waals surface area contributed by atoms with Crippen LogP contribution in [0.1, 0.15) is 40.0 Å².